The van der Waals surface area contributed by atoms with Gasteiger partial charge in [0.1, 0.15) is 0 Å². The third kappa shape index (κ3) is 6.34. The van der Waals surface area contributed by atoms with Crippen molar-refractivity contribution in [1.82, 2.24) is 14.6 Å². The normalized spacial score (nSPS) is 15.3. The maximum absolute atomic E-state index is 12.5. The second kappa shape index (κ2) is 10.6. The molecule has 0 aliphatic carbocycles. The molecule has 10 heteroatoms. The Kier molecular flexibility index (Phi) is 7.93. The van der Waals surface area contributed by atoms with Crippen LogP contribution in [0.1, 0.15) is 48.2 Å². The molecule has 1 aromatic heterocycles. The van der Waals surface area contributed by atoms with E-state index in [-0.39, 0.29) is 23.8 Å². The average Bonchev–Trinajstić information content (AvgIpc) is 3.00. The summed E-state index contributed by atoms with van der Waals surface area (Å²) >= 11 is 1.38. The summed E-state index contributed by atoms with van der Waals surface area (Å²) in [7, 11) is -3.70. The van der Waals surface area contributed by atoms with Crippen molar-refractivity contribution in [3.8, 4) is 6.07 Å². The molecule has 0 atom stereocenters. The fourth-order valence-electron chi connectivity index (χ4n) is 3.24. The number of likely N-dealkylation sites (tertiary alicyclic amines) is 1. The molecule has 8 nitrogen and oxygen atoms in total. The summed E-state index contributed by atoms with van der Waals surface area (Å²) in [6.07, 6.45) is 5.09. The first-order valence-corrected chi connectivity index (χ1v) is 12.3. The Morgan fingerprint density at radius 1 is 1.17 bits per heavy atom. The monoisotopic (exact) mass is 447 g/mol. The number of anilines is 1. The van der Waals surface area contributed by atoms with Gasteiger partial charge in [0.05, 0.1) is 16.7 Å². The van der Waals surface area contributed by atoms with Crippen molar-refractivity contribution in [2.24, 2.45) is 0 Å². The quantitative estimate of drug-likeness (QED) is 0.601. The Morgan fingerprint density at radius 2 is 1.87 bits per heavy atom. The summed E-state index contributed by atoms with van der Waals surface area (Å²) in [5.74, 6) is -0.341. The zero-order valence-corrected chi connectivity index (χ0v) is 18.3. The number of nitrogens with zero attached hydrogens (tertiary/aromatic N) is 3. The zero-order chi connectivity index (χ0) is 21.4. The molecule has 2 N–H and O–H groups in total. The minimum absolute atomic E-state index is 0.0465. The number of thiazole rings is 1. The molecule has 160 valence electrons. The van der Waals surface area contributed by atoms with Gasteiger partial charge < -0.3 is 0 Å². The lowest BCUT2D eigenvalue weighted by atomic mass is 10.2. The van der Waals surface area contributed by atoms with E-state index >= 15 is 0 Å². The summed E-state index contributed by atoms with van der Waals surface area (Å²) in [6.45, 7) is 3.00. The fraction of sp³-hybridized carbons (Fsp3) is 0.450. The number of carbonyl (C=O) groups excluding carboxylic acids is 1. The van der Waals surface area contributed by atoms with Crippen LogP contribution in [-0.2, 0) is 16.6 Å². The largest absolute Gasteiger partial charge is 0.298 e. The lowest BCUT2D eigenvalue weighted by Gasteiger charge is -2.17. The van der Waals surface area contributed by atoms with Gasteiger partial charge in [-0.15, -0.1) is 11.3 Å². The summed E-state index contributed by atoms with van der Waals surface area (Å²) in [6, 6.07) is 7.54. The Bertz CT molecular complexity index is 988. The zero-order valence-electron chi connectivity index (χ0n) is 16.6. The van der Waals surface area contributed by atoms with Gasteiger partial charge in [-0.05, 0) is 50.2 Å². The van der Waals surface area contributed by atoms with Gasteiger partial charge in [-0.3, -0.25) is 15.0 Å². The molecule has 0 bridgehead atoms. The van der Waals surface area contributed by atoms with Crippen LogP contribution in [0.5, 0.6) is 0 Å². The van der Waals surface area contributed by atoms with Gasteiger partial charge in [0.2, 0.25) is 10.0 Å². The number of hydrogen-bond donors (Lipinski definition) is 2. The Labute approximate surface area is 181 Å². The molecule has 0 unspecified atom stereocenters. The van der Waals surface area contributed by atoms with Gasteiger partial charge in [-0.25, -0.2) is 18.1 Å². The van der Waals surface area contributed by atoms with Crippen LogP contribution in [0, 0.1) is 11.3 Å². The summed E-state index contributed by atoms with van der Waals surface area (Å²) in [4.78, 5) is 19.4. The van der Waals surface area contributed by atoms with Gasteiger partial charge in [0.25, 0.3) is 5.91 Å². The van der Waals surface area contributed by atoms with Crippen molar-refractivity contribution in [3.63, 3.8) is 0 Å². The SMILES string of the molecule is N#CCCNS(=O)(=O)c1ccc(C(=O)Nc2nc(CN3CCCCCC3)cs2)cc1. The lowest BCUT2D eigenvalue weighted by Crippen LogP contribution is -2.24. The fourth-order valence-corrected chi connectivity index (χ4v) is 4.97. The van der Waals surface area contributed by atoms with E-state index in [1.54, 1.807) is 0 Å². The van der Waals surface area contributed by atoms with Crippen molar-refractivity contribution < 1.29 is 13.2 Å². The Hall–Kier alpha value is -2.32. The molecule has 1 aromatic carbocycles. The minimum atomic E-state index is -3.70. The van der Waals surface area contributed by atoms with Gasteiger partial charge in [-0.1, -0.05) is 12.8 Å². The molecule has 1 aliphatic heterocycles. The van der Waals surface area contributed by atoms with Crippen LogP contribution in [0.3, 0.4) is 0 Å². The molecule has 2 heterocycles. The molecule has 1 saturated heterocycles. The third-order valence-electron chi connectivity index (χ3n) is 4.81. The van der Waals surface area contributed by atoms with Crippen molar-refractivity contribution in [3.05, 3.63) is 40.9 Å². The molecular formula is C20H25N5O3S2. The highest BCUT2D eigenvalue weighted by Crippen LogP contribution is 2.20. The van der Waals surface area contributed by atoms with Crippen molar-refractivity contribution in [2.75, 3.05) is 25.0 Å². The topological polar surface area (TPSA) is 115 Å². The van der Waals surface area contributed by atoms with E-state index in [4.69, 9.17) is 5.26 Å². The van der Waals surface area contributed by atoms with Crippen LogP contribution in [0.25, 0.3) is 0 Å². The highest BCUT2D eigenvalue weighted by molar-refractivity contribution is 7.89. The molecule has 0 saturated carbocycles. The number of sulfonamides is 1. The van der Waals surface area contributed by atoms with Gasteiger partial charge >= 0.3 is 0 Å². The maximum Gasteiger partial charge on any atom is 0.257 e. The summed E-state index contributed by atoms with van der Waals surface area (Å²) in [5, 5.41) is 13.8. The predicted octanol–water partition coefficient (Wildman–Crippen LogP) is 2.96. The van der Waals surface area contributed by atoms with Crippen LogP contribution in [0.15, 0.2) is 34.5 Å². The number of benzene rings is 1. The maximum atomic E-state index is 12.5. The number of nitrogens with one attached hydrogen (secondary N) is 2. The first-order chi connectivity index (χ1) is 14.5. The predicted molar refractivity (Wildman–Crippen MR) is 116 cm³/mol. The van der Waals surface area contributed by atoms with Crippen LogP contribution < -0.4 is 10.0 Å². The average molecular weight is 448 g/mol. The van der Waals surface area contributed by atoms with Crippen LogP contribution >= 0.6 is 11.3 Å². The number of carbonyl (C=O) groups is 1. The van der Waals surface area contributed by atoms with Gasteiger partial charge in [-0.2, -0.15) is 5.26 Å². The minimum Gasteiger partial charge on any atom is -0.298 e. The number of amides is 1. The summed E-state index contributed by atoms with van der Waals surface area (Å²) in [5.41, 5.74) is 1.29. The van der Waals surface area contributed by atoms with Crippen molar-refractivity contribution in [2.45, 2.75) is 43.5 Å². The van der Waals surface area contributed by atoms with Gasteiger partial charge in [0, 0.05) is 30.5 Å². The van der Waals surface area contributed by atoms with E-state index in [9.17, 15) is 13.2 Å². The van der Waals surface area contributed by atoms with E-state index in [1.165, 1.54) is 61.3 Å². The van der Waals surface area contributed by atoms with Crippen LogP contribution in [0.4, 0.5) is 5.13 Å². The molecule has 1 amide bonds. The Balaban J connectivity index is 1.57. The Morgan fingerprint density at radius 3 is 2.53 bits per heavy atom. The van der Waals surface area contributed by atoms with Crippen molar-refractivity contribution in [1.29, 1.82) is 5.26 Å². The molecule has 2 aromatic rings. The van der Waals surface area contributed by atoms with E-state index < -0.39 is 10.0 Å². The van der Waals surface area contributed by atoms with E-state index in [2.05, 4.69) is 19.9 Å². The van der Waals surface area contributed by atoms with E-state index in [0.717, 1.165) is 25.3 Å². The highest BCUT2D eigenvalue weighted by Gasteiger charge is 2.16. The van der Waals surface area contributed by atoms with Crippen LogP contribution in [-0.4, -0.2) is 43.8 Å². The number of nitriles is 1. The summed E-state index contributed by atoms with van der Waals surface area (Å²) < 4.78 is 26.6. The second-order valence-corrected chi connectivity index (χ2v) is 9.74. The van der Waals surface area contributed by atoms with Crippen molar-refractivity contribution >= 4 is 32.4 Å². The molecule has 0 spiro atoms. The molecule has 1 aliphatic rings. The first-order valence-electron chi connectivity index (χ1n) is 9.93. The molecule has 1 fully saturated rings. The van der Waals surface area contributed by atoms with E-state index in [1.807, 2.05) is 11.4 Å². The number of hydrogen-bond acceptors (Lipinski definition) is 7. The number of aromatic nitrogens is 1. The van der Waals surface area contributed by atoms with Crippen LogP contribution in [0.2, 0.25) is 0 Å². The molecule has 3 rings (SSSR count). The number of rotatable bonds is 8. The third-order valence-corrected chi connectivity index (χ3v) is 7.10. The molecule has 0 radical (unpaired) electrons. The smallest absolute Gasteiger partial charge is 0.257 e. The molecule has 30 heavy (non-hydrogen) atoms. The van der Waals surface area contributed by atoms with Gasteiger partial charge in [0.15, 0.2) is 5.13 Å². The second-order valence-electron chi connectivity index (χ2n) is 7.12. The van der Waals surface area contributed by atoms with E-state index in [0.29, 0.717) is 10.7 Å². The molecular weight excluding hydrogens is 422 g/mol. The lowest BCUT2D eigenvalue weighted by molar-refractivity contribution is 0.102. The highest BCUT2D eigenvalue weighted by atomic mass is 32.2. The standard InChI is InChI=1S/C20H25N5O3S2/c21-10-5-11-22-30(27,28)18-8-6-16(7-9-18)19(26)24-20-23-17(15-29-20)14-25-12-3-1-2-4-13-25/h6-9,15,22H,1-5,11-14H2,(H,23,24,26). The first kappa shape index (κ1) is 22.4.